The Morgan fingerprint density at radius 3 is 2.75 bits per heavy atom. The molecule has 0 saturated carbocycles. The lowest BCUT2D eigenvalue weighted by atomic mass is 9.69. The van der Waals surface area contributed by atoms with E-state index in [-0.39, 0.29) is 11.3 Å². The van der Waals surface area contributed by atoms with Gasteiger partial charge in [-0.05, 0) is 60.4 Å². The van der Waals surface area contributed by atoms with Crippen LogP contribution in [0.25, 0.3) is 22.4 Å². The number of ether oxygens (including phenoxy) is 1. The highest BCUT2D eigenvalue weighted by Crippen LogP contribution is 2.46. The van der Waals surface area contributed by atoms with Crippen LogP contribution in [0.2, 0.25) is 0 Å². The summed E-state index contributed by atoms with van der Waals surface area (Å²) in [6.45, 7) is 6.85. The van der Waals surface area contributed by atoms with Crippen LogP contribution in [0.3, 0.4) is 0 Å². The summed E-state index contributed by atoms with van der Waals surface area (Å²) in [5.74, 6) is 0.409. The molecule has 1 aliphatic carbocycles. The molecule has 0 unspecified atom stereocenters. The zero-order chi connectivity index (χ0) is 25.4. The van der Waals surface area contributed by atoms with Gasteiger partial charge in [0.15, 0.2) is 5.76 Å². The molecular weight excluding hydrogens is 472 g/mol. The van der Waals surface area contributed by atoms with Gasteiger partial charge in [-0.25, -0.2) is 9.78 Å². The van der Waals surface area contributed by atoms with E-state index < -0.39 is 5.97 Å². The average molecular weight is 503 g/mol. The molecule has 0 spiro atoms. The smallest absolute Gasteiger partial charge is 0.341 e. The molecule has 0 saturated heterocycles. The number of hydrogen-bond acceptors (Lipinski definition) is 6. The molecule has 1 amide bonds. The van der Waals surface area contributed by atoms with E-state index in [0.717, 1.165) is 36.6 Å². The minimum absolute atomic E-state index is 0.217. The number of aromatic nitrogens is 1. The number of para-hydroxylation sites is 1. The van der Waals surface area contributed by atoms with Crippen LogP contribution in [0.5, 0.6) is 0 Å². The Morgan fingerprint density at radius 2 is 2.03 bits per heavy atom. The maximum Gasteiger partial charge on any atom is 0.341 e. The van der Waals surface area contributed by atoms with Crippen molar-refractivity contribution >= 4 is 39.1 Å². The third-order valence-corrected chi connectivity index (χ3v) is 8.80. The fourth-order valence-electron chi connectivity index (χ4n) is 5.03. The van der Waals surface area contributed by atoms with Crippen molar-refractivity contribution in [3.05, 3.63) is 70.3 Å². The lowest BCUT2D eigenvalue weighted by Crippen LogP contribution is -2.28. The van der Waals surface area contributed by atoms with Crippen LogP contribution in [-0.2, 0) is 17.6 Å². The highest BCUT2D eigenvalue weighted by molar-refractivity contribution is 7.17. The SMILES string of the molecule is CCC(C)(C)[C@H]1CCc2c(sc(NC(=O)c3cc(-c4ccco4)nc4ccccc34)c2C(=O)OC)C1. The summed E-state index contributed by atoms with van der Waals surface area (Å²) in [5.41, 5.74) is 3.46. The zero-order valence-corrected chi connectivity index (χ0v) is 21.8. The highest BCUT2D eigenvalue weighted by atomic mass is 32.1. The number of fused-ring (bicyclic) bond motifs is 2. The van der Waals surface area contributed by atoms with Crippen LogP contribution in [-0.4, -0.2) is 24.0 Å². The van der Waals surface area contributed by atoms with Crippen molar-refractivity contribution < 1.29 is 18.7 Å². The molecule has 7 heteroatoms. The summed E-state index contributed by atoms with van der Waals surface area (Å²) in [4.78, 5) is 32.4. The van der Waals surface area contributed by atoms with E-state index >= 15 is 0 Å². The summed E-state index contributed by atoms with van der Waals surface area (Å²) < 4.78 is 10.7. The maximum absolute atomic E-state index is 13.7. The number of nitrogens with zero attached hydrogens (tertiary/aromatic N) is 1. The van der Waals surface area contributed by atoms with E-state index in [0.29, 0.717) is 39.0 Å². The van der Waals surface area contributed by atoms with Crippen LogP contribution in [0.1, 0.15) is 64.8 Å². The Morgan fingerprint density at radius 1 is 1.22 bits per heavy atom. The molecule has 6 nitrogen and oxygen atoms in total. The summed E-state index contributed by atoms with van der Waals surface area (Å²) >= 11 is 1.50. The molecule has 5 rings (SSSR count). The molecule has 0 bridgehead atoms. The Labute approximate surface area is 214 Å². The number of benzene rings is 1. The van der Waals surface area contributed by atoms with Crippen LogP contribution < -0.4 is 5.32 Å². The largest absolute Gasteiger partial charge is 0.465 e. The number of pyridine rings is 1. The monoisotopic (exact) mass is 502 g/mol. The van der Waals surface area contributed by atoms with E-state index in [1.54, 1.807) is 18.4 Å². The molecule has 1 N–H and O–H groups in total. The molecular formula is C29H30N2O4S. The van der Waals surface area contributed by atoms with Crippen LogP contribution in [0, 0.1) is 11.3 Å². The van der Waals surface area contributed by atoms with Gasteiger partial charge in [0.1, 0.15) is 10.7 Å². The van der Waals surface area contributed by atoms with Crippen molar-refractivity contribution in [2.45, 2.75) is 46.5 Å². The van der Waals surface area contributed by atoms with Gasteiger partial charge in [-0.15, -0.1) is 11.3 Å². The number of amides is 1. The van der Waals surface area contributed by atoms with Crippen molar-refractivity contribution in [3.8, 4) is 11.5 Å². The Kier molecular flexibility index (Phi) is 6.43. The molecule has 186 valence electrons. The first-order valence-corrected chi connectivity index (χ1v) is 13.1. The second kappa shape index (κ2) is 9.54. The lowest BCUT2D eigenvalue weighted by molar-refractivity contribution is 0.0600. The number of carbonyl (C=O) groups is 2. The lowest BCUT2D eigenvalue weighted by Gasteiger charge is -2.36. The van der Waals surface area contributed by atoms with Gasteiger partial charge >= 0.3 is 5.97 Å². The highest BCUT2D eigenvalue weighted by Gasteiger charge is 2.35. The van der Waals surface area contributed by atoms with Crippen molar-refractivity contribution in [1.82, 2.24) is 4.98 Å². The maximum atomic E-state index is 13.7. The van der Waals surface area contributed by atoms with Crippen molar-refractivity contribution in [1.29, 1.82) is 0 Å². The normalized spacial score (nSPS) is 15.5. The van der Waals surface area contributed by atoms with Crippen LogP contribution in [0.15, 0.2) is 53.1 Å². The van der Waals surface area contributed by atoms with Gasteiger partial charge in [-0.3, -0.25) is 4.79 Å². The summed E-state index contributed by atoms with van der Waals surface area (Å²) in [5, 5.41) is 4.33. The van der Waals surface area contributed by atoms with Gasteiger partial charge in [0.05, 0.1) is 30.0 Å². The van der Waals surface area contributed by atoms with Gasteiger partial charge < -0.3 is 14.5 Å². The Bertz CT molecular complexity index is 1440. The van der Waals surface area contributed by atoms with Gasteiger partial charge in [0, 0.05) is 10.3 Å². The van der Waals surface area contributed by atoms with Gasteiger partial charge in [-0.1, -0.05) is 45.4 Å². The minimum Gasteiger partial charge on any atom is -0.465 e. The van der Waals surface area contributed by atoms with Crippen LogP contribution in [0.4, 0.5) is 5.00 Å². The van der Waals surface area contributed by atoms with Gasteiger partial charge in [0.2, 0.25) is 0 Å². The predicted octanol–water partition coefficient (Wildman–Crippen LogP) is 7.14. The summed E-state index contributed by atoms with van der Waals surface area (Å²) in [6.07, 6.45) is 5.41. The van der Waals surface area contributed by atoms with Gasteiger partial charge in [0.25, 0.3) is 5.91 Å². The minimum atomic E-state index is -0.410. The molecule has 4 aromatic rings. The molecule has 36 heavy (non-hydrogen) atoms. The Hall–Kier alpha value is -3.45. The Balaban J connectivity index is 1.54. The van der Waals surface area contributed by atoms with Crippen molar-refractivity contribution in [2.24, 2.45) is 11.3 Å². The number of esters is 1. The molecule has 0 radical (unpaired) electrons. The van der Waals surface area contributed by atoms with Crippen molar-refractivity contribution in [2.75, 3.05) is 12.4 Å². The van der Waals surface area contributed by atoms with E-state index in [2.05, 4.69) is 31.1 Å². The second-order valence-corrected chi connectivity index (χ2v) is 11.1. The molecule has 1 aromatic carbocycles. The molecule has 3 heterocycles. The number of carbonyl (C=O) groups excluding carboxylic acids is 2. The average Bonchev–Trinajstić information content (AvgIpc) is 3.55. The number of methoxy groups -OCH3 is 1. The third kappa shape index (κ3) is 4.32. The first kappa shape index (κ1) is 24.3. The third-order valence-electron chi connectivity index (χ3n) is 7.63. The van der Waals surface area contributed by atoms with E-state index in [9.17, 15) is 9.59 Å². The molecule has 1 atom stereocenters. The number of anilines is 1. The second-order valence-electron chi connectivity index (χ2n) is 9.98. The first-order valence-electron chi connectivity index (χ1n) is 12.3. The fourth-order valence-corrected chi connectivity index (χ4v) is 6.34. The number of furan rings is 1. The standard InChI is InChI=1S/C29H30N2O4S/c1-5-29(2,3)17-12-13-19-24(15-17)36-27(25(19)28(33)34-4)31-26(32)20-16-22(23-11-8-14-35-23)30-21-10-7-6-9-18(20)21/h6-11,14,16-17H,5,12-13,15H2,1-4H3,(H,31,32)/t17-/m0/s1. The number of rotatable bonds is 6. The van der Waals surface area contributed by atoms with E-state index in [1.807, 2.05) is 30.3 Å². The predicted molar refractivity (Wildman–Crippen MR) is 143 cm³/mol. The number of hydrogen-bond donors (Lipinski definition) is 1. The summed E-state index contributed by atoms with van der Waals surface area (Å²) in [6, 6.07) is 12.9. The van der Waals surface area contributed by atoms with Gasteiger partial charge in [-0.2, -0.15) is 0 Å². The fraction of sp³-hybridized carbons (Fsp3) is 0.345. The quantitative estimate of drug-likeness (QED) is 0.284. The summed E-state index contributed by atoms with van der Waals surface area (Å²) in [7, 11) is 1.38. The zero-order valence-electron chi connectivity index (χ0n) is 21.0. The first-order chi connectivity index (χ1) is 17.3. The molecule has 3 aromatic heterocycles. The van der Waals surface area contributed by atoms with E-state index in [4.69, 9.17) is 9.15 Å². The number of nitrogens with one attached hydrogen (secondary N) is 1. The molecule has 0 fully saturated rings. The van der Waals surface area contributed by atoms with Crippen molar-refractivity contribution in [3.63, 3.8) is 0 Å². The number of thiophene rings is 1. The van der Waals surface area contributed by atoms with E-state index in [1.165, 1.54) is 23.3 Å². The molecule has 1 aliphatic rings. The topological polar surface area (TPSA) is 81.4 Å². The van der Waals surface area contributed by atoms with Crippen LogP contribution >= 0.6 is 11.3 Å². The molecule has 0 aliphatic heterocycles.